The fourth-order valence-electron chi connectivity index (χ4n) is 7.99. The van der Waals surface area contributed by atoms with Crippen LogP contribution in [-0.4, -0.2) is 55.7 Å². The van der Waals surface area contributed by atoms with E-state index in [1.165, 1.54) is 36.4 Å². The molecule has 3 fully saturated rings. The van der Waals surface area contributed by atoms with E-state index in [-0.39, 0.29) is 47.4 Å². The number of phenolic OH excluding ortho intramolecular Hbond substituents is 1. The van der Waals surface area contributed by atoms with E-state index in [4.69, 9.17) is 23.2 Å². The molecule has 9 nitrogen and oxygen atoms in total. The van der Waals surface area contributed by atoms with Gasteiger partial charge in [-0.15, -0.1) is 29.8 Å². The van der Waals surface area contributed by atoms with E-state index in [2.05, 4.69) is 6.58 Å². The number of aromatic hydroxyl groups is 1. The average molecular weight is 689 g/mol. The van der Waals surface area contributed by atoms with Crippen molar-refractivity contribution in [2.24, 2.45) is 17.8 Å². The van der Waals surface area contributed by atoms with Crippen LogP contribution in [0.1, 0.15) is 29.9 Å². The van der Waals surface area contributed by atoms with Gasteiger partial charge in [0, 0.05) is 11.5 Å². The lowest BCUT2D eigenvalue weighted by atomic mass is 9.56. The SMILES string of the molecule is C=CCc1cccc(C2C3=CCC4C(=O)N(c5cccc(B(O)O)c5)C(=O)C4C3CC3(Cl)C(=O)N(c4ccc(F)cc4)C(=O)C23Cl)c1O. The maximum atomic E-state index is 14.5. The molecular weight excluding hydrogens is 661 g/mol. The first-order chi connectivity index (χ1) is 22.8. The molecule has 2 saturated heterocycles. The van der Waals surface area contributed by atoms with Crippen LogP contribution in [-0.2, 0) is 25.6 Å². The zero-order chi connectivity index (χ0) is 34.3. The second-order valence-corrected chi connectivity index (χ2v) is 13.8. The minimum absolute atomic E-state index is 0.0447. The summed E-state index contributed by atoms with van der Waals surface area (Å²) in [7, 11) is -1.83. The van der Waals surface area contributed by atoms with Crippen molar-refractivity contribution in [3.63, 3.8) is 0 Å². The Kier molecular flexibility index (Phi) is 7.67. The maximum Gasteiger partial charge on any atom is 0.488 e. The van der Waals surface area contributed by atoms with Crippen molar-refractivity contribution in [3.05, 3.63) is 108 Å². The van der Waals surface area contributed by atoms with Crippen molar-refractivity contribution in [1.82, 2.24) is 0 Å². The topological polar surface area (TPSA) is 135 Å². The third-order valence-corrected chi connectivity index (χ3v) is 11.6. The molecule has 6 unspecified atom stereocenters. The van der Waals surface area contributed by atoms with E-state index in [1.54, 1.807) is 30.4 Å². The van der Waals surface area contributed by atoms with E-state index in [9.17, 15) is 38.7 Å². The molecule has 4 amide bonds. The zero-order valence-electron chi connectivity index (χ0n) is 25.2. The predicted molar refractivity (Wildman–Crippen MR) is 177 cm³/mol. The number of anilines is 2. The fourth-order valence-corrected chi connectivity index (χ4v) is 8.91. The van der Waals surface area contributed by atoms with Gasteiger partial charge in [-0.05, 0) is 72.6 Å². The summed E-state index contributed by atoms with van der Waals surface area (Å²) in [5, 5.41) is 31.0. The van der Waals surface area contributed by atoms with Crippen molar-refractivity contribution in [2.75, 3.05) is 9.80 Å². The molecule has 0 spiro atoms. The van der Waals surface area contributed by atoms with Gasteiger partial charge in [-0.25, -0.2) is 9.29 Å². The number of nitrogens with zero attached hydrogens (tertiary/aromatic N) is 2. The number of hydrogen-bond donors (Lipinski definition) is 3. The Morgan fingerprint density at radius 2 is 1.62 bits per heavy atom. The van der Waals surface area contributed by atoms with Crippen molar-refractivity contribution >= 4 is 70.8 Å². The molecule has 0 bridgehead atoms. The second kappa shape index (κ2) is 11.4. The molecule has 3 N–H and O–H groups in total. The molecule has 0 aromatic heterocycles. The Hall–Kier alpha value is -4.29. The number of imide groups is 2. The molecule has 48 heavy (non-hydrogen) atoms. The minimum Gasteiger partial charge on any atom is -0.507 e. The molecule has 1 saturated carbocycles. The summed E-state index contributed by atoms with van der Waals surface area (Å²) in [5.74, 6) is -7.54. The van der Waals surface area contributed by atoms with Crippen LogP contribution in [0.25, 0.3) is 0 Å². The Balaban J connectivity index is 1.40. The Morgan fingerprint density at radius 3 is 2.31 bits per heavy atom. The number of benzene rings is 3. The highest BCUT2D eigenvalue weighted by atomic mass is 35.5. The number of rotatable bonds is 6. The van der Waals surface area contributed by atoms with Gasteiger partial charge >= 0.3 is 7.12 Å². The highest BCUT2D eigenvalue weighted by Crippen LogP contribution is 2.66. The van der Waals surface area contributed by atoms with E-state index < -0.39 is 70.0 Å². The molecule has 3 aromatic rings. The predicted octanol–water partition coefficient (Wildman–Crippen LogP) is 3.71. The van der Waals surface area contributed by atoms with Gasteiger partial charge in [-0.2, -0.15) is 0 Å². The van der Waals surface area contributed by atoms with E-state index in [0.29, 0.717) is 11.1 Å². The molecule has 7 rings (SSSR count). The third-order valence-electron chi connectivity index (χ3n) is 10.1. The number of allylic oxidation sites excluding steroid dienone is 3. The summed E-state index contributed by atoms with van der Waals surface area (Å²) in [4.78, 5) is 54.5. The second-order valence-electron chi connectivity index (χ2n) is 12.6. The lowest BCUT2D eigenvalue weighted by Gasteiger charge is -2.50. The summed E-state index contributed by atoms with van der Waals surface area (Å²) in [5.41, 5.74) is 1.45. The Morgan fingerprint density at radius 1 is 0.917 bits per heavy atom. The standard InChI is InChI=1S/C35H28BCl2FN2O7/c1-2-5-18-6-3-9-25(29(18)42)28-23-14-15-24-27(31(44)40(30(24)43)22-8-4-7-19(16-22)36(47)48)26(23)17-34(37)32(45)41(33(46)35(28,34)38)21-12-10-20(39)11-13-21/h2-4,6-14,16,24,26-28,42,47-48H,1,5,15,17H2. The number of amides is 4. The summed E-state index contributed by atoms with van der Waals surface area (Å²) >= 11 is 14.8. The van der Waals surface area contributed by atoms with E-state index >= 15 is 0 Å². The highest BCUT2D eigenvalue weighted by molar-refractivity contribution is 6.59. The number of alkyl halides is 2. The number of halogens is 3. The zero-order valence-corrected chi connectivity index (χ0v) is 26.7. The number of carbonyl (C=O) groups excluding carboxylic acids is 4. The quantitative estimate of drug-likeness (QED) is 0.156. The van der Waals surface area contributed by atoms with Gasteiger partial charge in [-0.1, -0.05) is 48.1 Å². The first-order valence-electron chi connectivity index (χ1n) is 15.3. The molecule has 3 aromatic carbocycles. The van der Waals surface area contributed by atoms with Gasteiger partial charge in [-0.3, -0.25) is 24.1 Å². The van der Waals surface area contributed by atoms with Crippen LogP contribution in [0.3, 0.4) is 0 Å². The van der Waals surface area contributed by atoms with Gasteiger partial charge in [0.25, 0.3) is 11.8 Å². The van der Waals surface area contributed by atoms with Crippen molar-refractivity contribution < 1.29 is 38.7 Å². The van der Waals surface area contributed by atoms with Crippen LogP contribution in [0.15, 0.2) is 91.0 Å². The molecule has 6 atom stereocenters. The van der Waals surface area contributed by atoms with Gasteiger partial charge < -0.3 is 15.2 Å². The number of phenols is 1. The molecule has 244 valence electrons. The maximum absolute atomic E-state index is 14.5. The first-order valence-corrected chi connectivity index (χ1v) is 16.1. The highest BCUT2D eigenvalue weighted by Gasteiger charge is 2.77. The third kappa shape index (κ3) is 4.38. The minimum atomic E-state index is -2.20. The van der Waals surface area contributed by atoms with Gasteiger partial charge in [0.15, 0.2) is 9.75 Å². The van der Waals surface area contributed by atoms with Crippen molar-refractivity contribution in [2.45, 2.75) is 34.9 Å². The summed E-state index contributed by atoms with van der Waals surface area (Å²) in [6, 6.07) is 15.4. The Bertz CT molecular complexity index is 1950. The Labute approximate surface area is 285 Å². The fraction of sp³-hybridized carbons (Fsp3) is 0.257. The molecular formula is C35H28BCl2FN2O7. The molecule has 2 aliphatic heterocycles. The van der Waals surface area contributed by atoms with Crippen LogP contribution in [0.4, 0.5) is 15.8 Å². The van der Waals surface area contributed by atoms with Crippen LogP contribution >= 0.6 is 23.2 Å². The van der Waals surface area contributed by atoms with Crippen LogP contribution in [0.5, 0.6) is 5.75 Å². The van der Waals surface area contributed by atoms with Crippen molar-refractivity contribution in [3.8, 4) is 5.75 Å². The van der Waals surface area contributed by atoms with Crippen molar-refractivity contribution in [1.29, 1.82) is 0 Å². The lowest BCUT2D eigenvalue weighted by molar-refractivity contribution is -0.125. The smallest absolute Gasteiger partial charge is 0.488 e. The number of fused-ring (bicyclic) bond motifs is 4. The number of carbonyl (C=O) groups is 4. The molecule has 13 heteroatoms. The number of para-hydroxylation sites is 1. The van der Waals surface area contributed by atoms with Gasteiger partial charge in [0.05, 0.1) is 23.2 Å². The molecule has 0 radical (unpaired) electrons. The summed E-state index contributed by atoms with van der Waals surface area (Å²) in [6.07, 6.45) is 3.42. The molecule has 2 heterocycles. The monoisotopic (exact) mass is 688 g/mol. The average Bonchev–Trinajstić information content (AvgIpc) is 3.40. The molecule has 4 aliphatic rings. The number of hydrogen-bond acceptors (Lipinski definition) is 7. The largest absolute Gasteiger partial charge is 0.507 e. The summed E-state index contributed by atoms with van der Waals surface area (Å²) in [6.45, 7) is 3.75. The van der Waals surface area contributed by atoms with E-state index in [1.807, 2.05) is 0 Å². The van der Waals surface area contributed by atoms with Gasteiger partial charge in [0.1, 0.15) is 11.6 Å². The van der Waals surface area contributed by atoms with E-state index in [0.717, 1.165) is 21.9 Å². The van der Waals surface area contributed by atoms with Crippen LogP contribution in [0.2, 0.25) is 0 Å². The molecule has 2 aliphatic carbocycles. The van der Waals surface area contributed by atoms with Crippen LogP contribution in [0, 0.1) is 23.6 Å². The normalized spacial score (nSPS) is 29.4. The van der Waals surface area contributed by atoms with Crippen LogP contribution < -0.4 is 15.3 Å². The van der Waals surface area contributed by atoms with Gasteiger partial charge in [0.2, 0.25) is 11.8 Å². The first kappa shape index (κ1) is 32.3. The summed E-state index contributed by atoms with van der Waals surface area (Å²) < 4.78 is 13.9. The lowest BCUT2D eigenvalue weighted by Crippen LogP contribution is -2.60.